The second kappa shape index (κ2) is 10.3. The number of nitrogens with zero attached hydrogens (tertiary/aromatic N) is 3. The zero-order valence-corrected chi connectivity index (χ0v) is 28.0. The van der Waals surface area contributed by atoms with Gasteiger partial charge in [-0.25, -0.2) is 0 Å². The van der Waals surface area contributed by atoms with Crippen LogP contribution in [0.1, 0.15) is 17.7 Å². The summed E-state index contributed by atoms with van der Waals surface area (Å²) in [6, 6.07) is 47.4. The van der Waals surface area contributed by atoms with Crippen LogP contribution in [-0.4, -0.2) is 14.1 Å². The van der Waals surface area contributed by atoms with Crippen LogP contribution in [-0.2, 0) is 6.42 Å². The van der Waals surface area contributed by atoms with Crippen molar-refractivity contribution in [3.63, 3.8) is 0 Å². The molecule has 5 heterocycles. The molecule has 244 valence electrons. The van der Waals surface area contributed by atoms with Crippen LogP contribution in [0, 0.1) is 0 Å². The molecule has 0 saturated heterocycles. The van der Waals surface area contributed by atoms with Gasteiger partial charge in [-0.1, -0.05) is 60.7 Å². The van der Waals surface area contributed by atoms with Gasteiger partial charge < -0.3 is 18.0 Å². The largest absolute Gasteiger partial charge is 0.456 e. The Balaban J connectivity index is 0.944. The molecule has 5 nitrogen and oxygen atoms in total. The predicted octanol–water partition coefficient (Wildman–Crippen LogP) is 12.5. The van der Waals surface area contributed by atoms with Gasteiger partial charge >= 0.3 is 0 Å². The van der Waals surface area contributed by atoms with Crippen molar-refractivity contribution in [3.8, 4) is 22.5 Å². The van der Waals surface area contributed by atoms with Gasteiger partial charge in [-0.3, -0.25) is 4.98 Å². The Morgan fingerprint density at radius 1 is 0.481 bits per heavy atom. The third-order valence-corrected chi connectivity index (χ3v) is 11.0. The molecule has 0 amide bonds. The summed E-state index contributed by atoms with van der Waals surface area (Å²) in [5.74, 6) is 0. The highest BCUT2D eigenvalue weighted by Gasteiger charge is 2.20. The highest BCUT2D eigenvalue weighted by Crippen LogP contribution is 2.39. The number of allylic oxidation sites excluding steroid dienone is 1. The zero-order chi connectivity index (χ0) is 33.9. The minimum atomic E-state index is 0.857. The summed E-state index contributed by atoms with van der Waals surface area (Å²) < 4.78 is 17.9. The van der Waals surface area contributed by atoms with E-state index in [0.717, 1.165) is 101 Å². The van der Waals surface area contributed by atoms with Gasteiger partial charge in [0.1, 0.15) is 22.3 Å². The van der Waals surface area contributed by atoms with E-state index in [1.807, 2.05) is 12.3 Å². The summed E-state index contributed by atoms with van der Waals surface area (Å²) in [7, 11) is 0. The molecular weight excluding hydrogens is 639 g/mol. The van der Waals surface area contributed by atoms with E-state index in [1.54, 1.807) is 0 Å². The molecule has 0 fully saturated rings. The minimum absolute atomic E-state index is 0.857. The smallest absolute Gasteiger partial charge is 0.137 e. The third kappa shape index (κ3) is 3.85. The van der Waals surface area contributed by atoms with E-state index in [2.05, 4.69) is 149 Å². The molecule has 0 unspecified atom stereocenters. The third-order valence-electron chi connectivity index (χ3n) is 11.0. The van der Waals surface area contributed by atoms with Crippen molar-refractivity contribution in [2.24, 2.45) is 0 Å². The lowest BCUT2D eigenvalue weighted by molar-refractivity contribution is 0.667. The van der Waals surface area contributed by atoms with Crippen molar-refractivity contribution in [3.05, 3.63) is 157 Å². The van der Waals surface area contributed by atoms with Gasteiger partial charge in [0, 0.05) is 73.3 Å². The van der Waals surface area contributed by atoms with E-state index in [4.69, 9.17) is 13.8 Å². The summed E-state index contributed by atoms with van der Waals surface area (Å²) in [6.07, 6.45) is 8.51. The second-order valence-corrected chi connectivity index (χ2v) is 13.9. The van der Waals surface area contributed by atoms with Gasteiger partial charge in [0.25, 0.3) is 0 Å². The van der Waals surface area contributed by atoms with E-state index in [9.17, 15) is 0 Å². The molecule has 6 aromatic carbocycles. The fourth-order valence-corrected chi connectivity index (χ4v) is 8.70. The van der Waals surface area contributed by atoms with Crippen LogP contribution in [0.25, 0.3) is 105 Å². The topological polar surface area (TPSA) is 49.0 Å². The first kappa shape index (κ1) is 27.9. The molecular formula is C47H29N3O2. The van der Waals surface area contributed by atoms with Crippen molar-refractivity contribution in [2.75, 3.05) is 0 Å². The number of rotatable bonds is 3. The number of para-hydroxylation sites is 2. The number of fused-ring (bicyclic) bond motifs is 12. The molecule has 1 aliphatic rings. The first-order chi connectivity index (χ1) is 25.8. The number of aromatic nitrogens is 3. The van der Waals surface area contributed by atoms with E-state index < -0.39 is 0 Å². The Morgan fingerprint density at radius 2 is 1.04 bits per heavy atom. The van der Waals surface area contributed by atoms with Crippen LogP contribution < -0.4 is 0 Å². The van der Waals surface area contributed by atoms with Gasteiger partial charge in [0.2, 0.25) is 0 Å². The summed E-state index contributed by atoms with van der Waals surface area (Å²) >= 11 is 0. The van der Waals surface area contributed by atoms with Crippen LogP contribution in [0.4, 0.5) is 0 Å². The number of hydrogen-bond acceptors (Lipinski definition) is 3. The standard InChI is InChI=1S/C47H29N3O2/c1-4-11-39-32(8-1)33-9-2-5-12-40(33)49(39)30-17-21-36-34-19-15-28(24-43(34)51-45(36)26-30)29-16-20-35-37-22-18-31(27-46(37)52-44(35)25-29)50-41-13-6-3-10-38(41)47-42(50)14-7-23-48-47/h1-4,6-11,13-27H,5,12H2. The average Bonchev–Trinajstić information content (AvgIpc) is 3.94. The molecule has 0 N–H and O–H groups in total. The maximum atomic E-state index is 6.60. The molecule has 52 heavy (non-hydrogen) atoms. The number of benzene rings is 6. The lowest BCUT2D eigenvalue weighted by Gasteiger charge is -2.13. The SMILES string of the molecule is C1=Cc2c(n(-c3ccc4c(c3)oc3cc(-c5ccc6c(c5)oc5cc(-n7c8ccccc8c8ncccc87)ccc56)ccc34)c3ccccc23)CC1. The molecule has 0 bridgehead atoms. The Hall–Kier alpha value is -6.85. The number of furan rings is 2. The van der Waals surface area contributed by atoms with E-state index in [-0.39, 0.29) is 0 Å². The fraction of sp³-hybridized carbons (Fsp3) is 0.0426. The number of hydrogen-bond donors (Lipinski definition) is 0. The monoisotopic (exact) mass is 667 g/mol. The summed E-state index contributed by atoms with van der Waals surface area (Å²) in [5.41, 5.74) is 15.0. The highest BCUT2D eigenvalue weighted by molar-refractivity contribution is 6.10. The molecule has 0 atom stereocenters. The normalized spacial score (nSPS) is 13.2. The minimum Gasteiger partial charge on any atom is -0.456 e. The molecule has 1 aliphatic carbocycles. The Bertz CT molecular complexity index is 3260. The van der Waals surface area contributed by atoms with Crippen LogP contribution in [0.5, 0.6) is 0 Å². The van der Waals surface area contributed by atoms with Crippen LogP contribution in [0.2, 0.25) is 0 Å². The maximum absolute atomic E-state index is 6.60. The van der Waals surface area contributed by atoms with Crippen molar-refractivity contribution >= 4 is 82.8 Å². The van der Waals surface area contributed by atoms with Gasteiger partial charge in [-0.15, -0.1) is 0 Å². The van der Waals surface area contributed by atoms with Crippen molar-refractivity contribution in [2.45, 2.75) is 12.8 Å². The van der Waals surface area contributed by atoms with Crippen molar-refractivity contribution in [1.82, 2.24) is 14.1 Å². The van der Waals surface area contributed by atoms with Crippen molar-refractivity contribution in [1.29, 1.82) is 0 Å². The Kier molecular flexibility index (Phi) is 5.55. The summed E-state index contributed by atoms with van der Waals surface area (Å²) in [5, 5.41) is 6.87. The first-order valence-corrected chi connectivity index (χ1v) is 17.8. The molecule has 5 aromatic heterocycles. The average molecular weight is 668 g/mol. The molecule has 0 spiro atoms. The fourth-order valence-electron chi connectivity index (χ4n) is 8.70. The van der Waals surface area contributed by atoms with Crippen LogP contribution >= 0.6 is 0 Å². The molecule has 0 radical (unpaired) electrons. The second-order valence-electron chi connectivity index (χ2n) is 13.9. The quantitative estimate of drug-likeness (QED) is 0.188. The predicted molar refractivity (Wildman–Crippen MR) is 213 cm³/mol. The molecule has 12 rings (SSSR count). The van der Waals surface area contributed by atoms with Gasteiger partial charge in [0.05, 0.1) is 22.1 Å². The van der Waals surface area contributed by atoms with Crippen LogP contribution in [0.3, 0.4) is 0 Å². The van der Waals surface area contributed by atoms with Gasteiger partial charge in [-0.05, 0) is 96.8 Å². The maximum Gasteiger partial charge on any atom is 0.137 e. The van der Waals surface area contributed by atoms with E-state index in [0.29, 0.717) is 0 Å². The Labute approximate surface area is 297 Å². The molecule has 0 aliphatic heterocycles. The first-order valence-electron chi connectivity index (χ1n) is 17.8. The molecule has 0 saturated carbocycles. The highest BCUT2D eigenvalue weighted by atomic mass is 16.3. The van der Waals surface area contributed by atoms with Crippen molar-refractivity contribution < 1.29 is 8.83 Å². The summed E-state index contributed by atoms with van der Waals surface area (Å²) in [4.78, 5) is 4.71. The molecule has 5 heteroatoms. The number of pyridine rings is 1. The lowest BCUT2D eigenvalue weighted by Crippen LogP contribution is -2.02. The van der Waals surface area contributed by atoms with E-state index in [1.165, 1.54) is 22.2 Å². The van der Waals surface area contributed by atoms with E-state index >= 15 is 0 Å². The Morgan fingerprint density at radius 3 is 1.73 bits per heavy atom. The van der Waals surface area contributed by atoms with Gasteiger partial charge in [0.15, 0.2) is 0 Å². The van der Waals surface area contributed by atoms with Crippen LogP contribution in [0.15, 0.2) is 155 Å². The van der Waals surface area contributed by atoms with Gasteiger partial charge in [-0.2, -0.15) is 0 Å². The lowest BCUT2D eigenvalue weighted by atomic mass is 10.0. The summed E-state index contributed by atoms with van der Waals surface area (Å²) in [6.45, 7) is 0. The zero-order valence-electron chi connectivity index (χ0n) is 28.0. The molecule has 11 aromatic rings.